The van der Waals surface area contributed by atoms with Gasteiger partial charge >= 0.3 is 0 Å². The quantitative estimate of drug-likeness (QED) is 0.827. The first-order valence-corrected chi connectivity index (χ1v) is 6.28. The van der Waals surface area contributed by atoms with Crippen molar-refractivity contribution in [1.29, 1.82) is 0 Å². The number of aromatic nitrogens is 1. The maximum absolute atomic E-state index is 12.3. The smallest absolute Gasteiger partial charge is 0.244 e. The predicted molar refractivity (Wildman–Crippen MR) is 71.4 cm³/mol. The van der Waals surface area contributed by atoms with E-state index in [1.54, 1.807) is 12.4 Å². The summed E-state index contributed by atoms with van der Waals surface area (Å²) in [4.78, 5) is 18.5. The van der Waals surface area contributed by atoms with Crippen molar-refractivity contribution in [3.8, 4) is 0 Å². The number of hydrogen-bond donors (Lipinski definition) is 2. The summed E-state index contributed by atoms with van der Waals surface area (Å²) in [5, 5.41) is 6.21. The molecule has 0 aliphatic carbocycles. The lowest BCUT2D eigenvalue weighted by molar-refractivity contribution is -0.126. The van der Waals surface area contributed by atoms with Crippen LogP contribution in [0.1, 0.15) is 13.8 Å². The van der Waals surface area contributed by atoms with E-state index in [-0.39, 0.29) is 5.91 Å². The Morgan fingerprint density at radius 1 is 1.44 bits per heavy atom. The molecule has 1 amide bonds. The summed E-state index contributed by atoms with van der Waals surface area (Å²) < 4.78 is 0. The highest BCUT2D eigenvalue weighted by atomic mass is 16.2. The standard InChI is InChI=1S/C13H20N4O/c1-13(2,17-8-6-14-7-9-17)12(18)16-11-4-3-5-15-10-11/h3-5,10,14H,6-9H2,1-2H3,(H,16,18). The summed E-state index contributed by atoms with van der Waals surface area (Å²) in [7, 11) is 0. The summed E-state index contributed by atoms with van der Waals surface area (Å²) in [6, 6.07) is 3.66. The minimum Gasteiger partial charge on any atom is -0.323 e. The third-order valence-corrected chi connectivity index (χ3v) is 3.38. The molecule has 0 saturated carbocycles. The molecular formula is C13H20N4O. The fourth-order valence-electron chi connectivity index (χ4n) is 2.09. The van der Waals surface area contributed by atoms with Crippen LogP contribution < -0.4 is 10.6 Å². The Morgan fingerprint density at radius 2 is 2.17 bits per heavy atom. The van der Waals surface area contributed by atoms with Crippen LogP contribution in [0.2, 0.25) is 0 Å². The Hall–Kier alpha value is -1.46. The molecule has 1 aromatic rings. The van der Waals surface area contributed by atoms with Crippen molar-refractivity contribution in [3.05, 3.63) is 24.5 Å². The van der Waals surface area contributed by atoms with Gasteiger partial charge in [-0.15, -0.1) is 0 Å². The summed E-state index contributed by atoms with van der Waals surface area (Å²) in [5.41, 5.74) is 0.239. The highest BCUT2D eigenvalue weighted by Crippen LogP contribution is 2.17. The molecule has 1 aromatic heterocycles. The van der Waals surface area contributed by atoms with Crippen LogP contribution in [-0.4, -0.2) is 47.5 Å². The highest BCUT2D eigenvalue weighted by molar-refractivity contribution is 5.97. The Balaban J connectivity index is 2.02. The second-order valence-electron chi connectivity index (χ2n) is 4.99. The molecule has 0 radical (unpaired) electrons. The van der Waals surface area contributed by atoms with Crippen LogP contribution in [0.5, 0.6) is 0 Å². The number of hydrogen-bond acceptors (Lipinski definition) is 4. The van der Waals surface area contributed by atoms with E-state index in [1.165, 1.54) is 0 Å². The lowest BCUT2D eigenvalue weighted by Crippen LogP contribution is -2.58. The van der Waals surface area contributed by atoms with Gasteiger partial charge in [-0.05, 0) is 26.0 Å². The van der Waals surface area contributed by atoms with E-state index in [9.17, 15) is 4.79 Å². The van der Waals surface area contributed by atoms with Crippen LogP contribution >= 0.6 is 0 Å². The van der Waals surface area contributed by atoms with E-state index in [4.69, 9.17) is 0 Å². The number of anilines is 1. The van der Waals surface area contributed by atoms with Gasteiger partial charge in [0, 0.05) is 32.4 Å². The number of carbonyl (C=O) groups excluding carboxylic acids is 1. The molecule has 1 saturated heterocycles. The summed E-state index contributed by atoms with van der Waals surface area (Å²) in [6.07, 6.45) is 3.35. The van der Waals surface area contributed by atoms with Crippen LogP contribution in [0.4, 0.5) is 5.69 Å². The molecule has 5 nitrogen and oxygen atoms in total. The Morgan fingerprint density at radius 3 is 2.78 bits per heavy atom. The molecule has 1 aliphatic heterocycles. The second kappa shape index (κ2) is 5.46. The van der Waals surface area contributed by atoms with E-state index in [2.05, 4.69) is 20.5 Å². The zero-order chi connectivity index (χ0) is 13.0. The molecule has 18 heavy (non-hydrogen) atoms. The van der Waals surface area contributed by atoms with Gasteiger partial charge in [0.2, 0.25) is 5.91 Å². The van der Waals surface area contributed by atoms with Crippen molar-refractivity contribution in [2.45, 2.75) is 19.4 Å². The van der Waals surface area contributed by atoms with Crippen molar-refractivity contribution < 1.29 is 4.79 Å². The SMILES string of the molecule is CC(C)(C(=O)Nc1cccnc1)N1CCNCC1. The number of piperazine rings is 1. The molecule has 0 bridgehead atoms. The molecule has 98 valence electrons. The van der Waals surface area contributed by atoms with Gasteiger partial charge in [-0.3, -0.25) is 14.7 Å². The molecule has 0 atom stereocenters. The van der Waals surface area contributed by atoms with E-state index in [0.29, 0.717) is 0 Å². The van der Waals surface area contributed by atoms with E-state index >= 15 is 0 Å². The topological polar surface area (TPSA) is 57.3 Å². The van der Waals surface area contributed by atoms with Gasteiger partial charge in [-0.25, -0.2) is 0 Å². The highest BCUT2D eigenvalue weighted by Gasteiger charge is 2.35. The zero-order valence-corrected chi connectivity index (χ0v) is 10.9. The van der Waals surface area contributed by atoms with Crippen molar-refractivity contribution >= 4 is 11.6 Å². The molecule has 1 fully saturated rings. The number of pyridine rings is 1. The van der Waals surface area contributed by atoms with Gasteiger partial charge in [-0.1, -0.05) is 0 Å². The average Bonchev–Trinajstić information content (AvgIpc) is 2.41. The third kappa shape index (κ3) is 2.86. The van der Waals surface area contributed by atoms with Crippen molar-refractivity contribution in [3.63, 3.8) is 0 Å². The van der Waals surface area contributed by atoms with Crippen molar-refractivity contribution in [2.75, 3.05) is 31.5 Å². The van der Waals surface area contributed by atoms with Crippen LogP contribution in [0.3, 0.4) is 0 Å². The van der Waals surface area contributed by atoms with Crippen molar-refractivity contribution in [2.24, 2.45) is 0 Å². The van der Waals surface area contributed by atoms with Gasteiger partial charge < -0.3 is 10.6 Å². The van der Waals surface area contributed by atoms with Crippen molar-refractivity contribution in [1.82, 2.24) is 15.2 Å². The first-order valence-electron chi connectivity index (χ1n) is 6.28. The largest absolute Gasteiger partial charge is 0.323 e. The monoisotopic (exact) mass is 248 g/mol. The number of nitrogens with zero attached hydrogens (tertiary/aromatic N) is 2. The molecule has 2 heterocycles. The predicted octanol–water partition coefficient (Wildman–Crippen LogP) is 0.704. The van der Waals surface area contributed by atoms with Crippen LogP contribution in [0.25, 0.3) is 0 Å². The van der Waals surface area contributed by atoms with E-state index in [0.717, 1.165) is 31.9 Å². The van der Waals surface area contributed by atoms with Crippen LogP contribution in [0, 0.1) is 0 Å². The van der Waals surface area contributed by atoms with Gasteiger partial charge in [0.15, 0.2) is 0 Å². The molecule has 0 spiro atoms. The van der Waals surface area contributed by atoms with Gasteiger partial charge in [-0.2, -0.15) is 0 Å². The molecular weight excluding hydrogens is 228 g/mol. The lowest BCUT2D eigenvalue weighted by atomic mass is 10.0. The average molecular weight is 248 g/mol. The Bertz CT molecular complexity index is 399. The maximum atomic E-state index is 12.3. The Labute approximate surface area is 108 Å². The molecule has 0 aromatic carbocycles. The molecule has 5 heteroatoms. The molecule has 2 rings (SSSR count). The van der Waals surface area contributed by atoms with E-state index in [1.807, 2.05) is 26.0 Å². The number of carbonyl (C=O) groups is 1. The van der Waals surface area contributed by atoms with Gasteiger partial charge in [0.25, 0.3) is 0 Å². The summed E-state index contributed by atoms with van der Waals surface area (Å²) >= 11 is 0. The summed E-state index contributed by atoms with van der Waals surface area (Å²) in [5.74, 6) is 0.0115. The van der Waals surface area contributed by atoms with Gasteiger partial charge in [0.1, 0.15) is 0 Å². The summed E-state index contributed by atoms with van der Waals surface area (Å²) in [6.45, 7) is 7.59. The lowest BCUT2D eigenvalue weighted by Gasteiger charge is -2.39. The normalized spacial score (nSPS) is 17.4. The minimum absolute atomic E-state index is 0.0115. The fourth-order valence-corrected chi connectivity index (χ4v) is 2.09. The van der Waals surface area contributed by atoms with Crippen LogP contribution in [-0.2, 0) is 4.79 Å². The van der Waals surface area contributed by atoms with Crippen LogP contribution in [0.15, 0.2) is 24.5 Å². The second-order valence-corrected chi connectivity index (χ2v) is 4.99. The van der Waals surface area contributed by atoms with E-state index < -0.39 is 5.54 Å². The first-order chi connectivity index (χ1) is 8.60. The minimum atomic E-state index is -0.502. The van der Waals surface area contributed by atoms with Gasteiger partial charge in [0.05, 0.1) is 17.4 Å². The number of rotatable bonds is 3. The molecule has 2 N–H and O–H groups in total. The Kier molecular flexibility index (Phi) is 3.93. The number of amides is 1. The maximum Gasteiger partial charge on any atom is 0.244 e. The third-order valence-electron chi connectivity index (χ3n) is 3.38. The first kappa shape index (κ1) is 13.0. The number of nitrogens with one attached hydrogen (secondary N) is 2. The molecule has 1 aliphatic rings. The fraction of sp³-hybridized carbons (Fsp3) is 0.538. The zero-order valence-electron chi connectivity index (χ0n) is 10.9. The molecule has 0 unspecified atom stereocenters.